The molecule has 0 aliphatic carbocycles. The number of rotatable bonds is 5. The summed E-state index contributed by atoms with van der Waals surface area (Å²) in [5.41, 5.74) is 0. The number of aromatic nitrogens is 1. The number of amides is 1. The third-order valence-corrected chi connectivity index (χ3v) is 5.12. The minimum Gasteiger partial charge on any atom is -0.465 e. The maximum absolute atomic E-state index is 12.0. The third kappa shape index (κ3) is 4.40. The number of hydrogen-bond acceptors (Lipinski definition) is 4. The lowest BCUT2D eigenvalue weighted by Crippen LogP contribution is -2.38. The van der Waals surface area contributed by atoms with E-state index in [0.29, 0.717) is 32.0 Å². The molecule has 1 aromatic heterocycles. The number of sulfonamides is 1. The molecular weight excluding hydrogens is 294 g/mol. The summed E-state index contributed by atoms with van der Waals surface area (Å²) in [6, 6.07) is 3.08. The Morgan fingerprint density at radius 2 is 2.14 bits per heavy atom. The Labute approximate surface area is 124 Å². The summed E-state index contributed by atoms with van der Waals surface area (Å²) in [6.07, 6.45) is 4.23. The van der Waals surface area contributed by atoms with E-state index < -0.39 is 16.1 Å². The van der Waals surface area contributed by atoms with Crippen LogP contribution in [0.15, 0.2) is 29.4 Å². The van der Waals surface area contributed by atoms with Gasteiger partial charge in [0.2, 0.25) is 10.0 Å². The van der Waals surface area contributed by atoms with Crippen LogP contribution in [0.4, 0.5) is 4.79 Å². The first-order valence-corrected chi connectivity index (χ1v) is 8.35. The van der Waals surface area contributed by atoms with Gasteiger partial charge in [-0.25, -0.2) is 17.9 Å². The minimum atomic E-state index is -3.50. The maximum atomic E-state index is 12.0. The van der Waals surface area contributed by atoms with Crippen LogP contribution in [0.2, 0.25) is 0 Å². The number of carbonyl (C=O) groups is 1. The lowest BCUT2D eigenvalue weighted by atomic mass is 9.94. The zero-order valence-corrected chi connectivity index (χ0v) is 12.4. The standard InChI is InChI=1S/C13H19N3O4S/c17-13(18)16-8-4-11(5-9-16)3-7-15-21(19,20)12-2-1-6-14-10-12/h1-2,6,10-11,15H,3-5,7-9H2,(H,17,18). The molecule has 1 aromatic rings. The van der Waals surface area contributed by atoms with Crippen molar-refractivity contribution in [2.75, 3.05) is 19.6 Å². The molecule has 0 spiro atoms. The van der Waals surface area contributed by atoms with E-state index in [0.717, 1.165) is 12.8 Å². The van der Waals surface area contributed by atoms with Gasteiger partial charge in [-0.15, -0.1) is 0 Å². The largest absolute Gasteiger partial charge is 0.465 e. The lowest BCUT2D eigenvalue weighted by Gasteiger charge is -2.29. The van der Waals surface area contributed by atoms with Crippen molar-refractivity contribution < 1.29 is 18.3 Å². The van der Waals surface area contributed by atoms with Gasteiger partial charge >= 0.3 is 6.09 Å². The fourth-order valence-corrected chi connectivity index (χ4v) is 3.41. The Balaban J connectivity index is 1.77. The van der Waals surface area contributed by atoms with Crippen molar-refractivity contribution >= 4 is 16.1 Å². The zero-order chi connectivity index (χ0) is 15.3. The molecule has 1 amide bonds. The number of nitrogens with zero attached hydrogens (tertiary/aromatic N) is 2. The Kier molecular flexibility index (Phi) is 5.13. The second kappa shape index (κ2) is 6.86. The van der Waals surface area contributed by atoms with Crippen LogP contribution in [0, 0.1) is 5.92 Å². The fraction of sp³-hybridized carbons (Fsp3) is 0.538. The smallest absolute Gasteiger partial charge is 0.407 e. The van der Waals surface area contributed by atoms with Crippen molar-refractivity contribution in [3.8, 4) is 0 Å². The van der Waals surface area contributed by atoms with Gasteiger partial charge in [0.15, 0.2) is 0 Å². The molecule has 7 nitrogen and oxygen atoms in total. The number of piperidine rings is 1. The van der Waals surface area contributed by atoms with E-state index in [9.17, 15) is 13.2 Å². The first kappa shape index (κ1) is 15.7. The summed E-state index contributed by atoms with van der Waals surface area (Å²) in [4.78, 5) is 16.1. The van der Waals surface area contributed by atoms with E-state index in [1.165, 1.54) is 23.4 Å². The van der Waals surface area contributed by atoms with Crippen molar-refractivity contribution in [2.24, 2.45) is 5.92 Å². The predicted octanol–water partition coefficient (Wildman–Crippen LogP) is 1.14. The monoisotopic (exact) mass is 313 g/mol. The van der Waals surface area contributed by atoms with Gasteiger partial charge in [0.1, 0.15) is 4.90 Å². The van der Waals surface area contributed by atoms with Crippen LogP contribution in [0.25, 0.3) is 0 Å². The lowest BCUT2D eigenvalue weighted by molar-refractivity contribution is 0.123. The number of pyridine rings is 1. The van der Waals surface area contributed by atoms with Gasteiger partial charge in [0, 0.05) is 32.0 Å². The molecule has 0 aromatic carbocycles. The number of carboxylic acid groups (broad SMARTS) is 1. The molecule has 0 atom stereocenters. The van der Waals surface area contributed by atoms with Crippen molar-refractivity contribution in [1.82, 2.24) is 14.6 Å². The van der Waals surface area contributed by atoms with Gasteiger partial charge in [-0.3, -0.25) is 4.98 Å². The molecule has 0 saturated carbocycles. The van der Waals surface area contributed by atoms with E-state index in [4.69, 9.17) is 5.11 Å². The van der Waals surface area contributed by atoms with E-state index in [1.807, 2.05) is 0 Å². The second-order valence-corrected chi connectivity index (χ2v) is 6.86. The highest BCUT2D eigenvalue weighted by Crippen LogP contribution is 2.20. The average molecular weight is 313 g/mol. The van der Waals surface area contributed by atoms with Crippen molar-refractivity contribution in [2.45, 2.75) is 24.2 Å². The van der Waals surface area contributed by atoms with Crippen molar-refractivity contribution in [1.29, 1.82) is 0 Å². The normalized spacial score (nSPS) is 16.9. The zero-order valence-electron chi connectivity index (χ0n) is 11.6. The van der Waals surface area contributed by atoms with Crippen LogP contribution in [0.1, 0.15) is 19.3 Å². The predicted molar refractivity (Wildman–Crippen MR) is 76.4 cm³/mol. The van der Waals surface area contributed by atoms with E-state index in [1.54, 1.807) is 6.07 Å². The molecule has 1 aliphatic heterocycles. The van der Waals surface area contributed by atoms with Gasteiger partial charge in [0.25, 0.3) is 0 Å². The first-order valence-electron chi connectivity index (χ1n) is 6.86. The van der Waals surface area contributed by atoms with Gasteiger partial charge in [-0.05, 0) is 37.3 Å². The Bertz CT molecular complexity index is 568. The van der Waals surface area contributed by atoms with Gasteiger partial charge in [-0.2, -0.15) is 0 Å². The summed E-state index contributed by atoms with van der Waals surface area (Å²) in [5, 5.41) is 8.86. The third-order valence-electron chi connectivity index (χ3n) is 3.67. The Morgan fingerprint density at radius 3 is 2.71 bits per heavy atom. The van der Waals surface area contributed by atoms with Crippen molar-refractivity contribution in [3.05, 3.63) is 24.5 Å². The molecule has 116 valence electrons. The Morgan fingerprint density at radius 1 is 1.43 bits per heavy atom. The fourth-order valence-electron chi connectivity index (χ4n) is 2.40. The molecule has 2 N–H and O–H groups in total. The summed E-state index contributed by atoms with van der Waals surface area (Å²) in [6.45, 7) is 1.40. The first-order chi connectivity index (χ1) is 9.99. The van der Waals surface area contributed by atoms with Crippen LogP contribution in [-0.2, 0) is 10.0 Å². The minimum absolute atomic E-state index is 0.158. The molecule has 8 heteroatoms. The van der Waals surface area contributed by atoms with Crippen LogP contribution >= 0.6 is 0 Å². The molecule has 1 aliphatic rings. The molecule has 2 heterocycles. The molecule has 0 unspecified atom stereocenters. The summed E-state index contributed by atoms with van der Waals surface area (Å²) in [5.74, 6) is 0.359. The average Bonchev–Trinajstić information content (AvgIpc) is 2.48. The molecule has 0 radical (unpaired) electrons. The highest BCUT2D eigenvalue weighted by Gasteiger charge is 2.22. The van der Waals surface area contributed by atoms with Gasteiger partial charge in [-0.1, -0.05) is 0 Å². The van der Waals surface area contributed by atoms with Crippen molar-refractivity contribution in [3.63, 3.8) is 0 Å². The van der Waals surface area contributed by atoms with Gasteiger partial charge in [0.05, 0.1) is 0 Å². The summed E-state index contributed by atoms with van der Waals surface area (Å²) < 4.78 is 26.5. The quantitative estimate of drug-likeness (QED) is 0.849. The van der Waals surface area contributed by atoms with Crippen LogP contribution in [-0.4, -0.2) is 49.1 Å². The molecule has 1 saturated heterocycles. The number of nitrogens with one attached hydrogen (secondary N) is 1. The Hall–Kier alpha value is -1.67. The van der Waals surface area contributed by atoms with E-state index in [-0.39, 0.29) is 4.90 Å². The SMILES string of the molecule is O=C(O)N1CCC(CCNS(=O)(=O)c2cccnc2)CC1. The topological polar surface area (TPSA) is 99.6 Å². The highest BCUT2D eigenvalue weighted by molar-refractivity contribution is 7.89. The molecular formula is C13H19N3O4S. The molecule has 21 heavy (non-hydrogen) atoms. The van der Waals surface area contributed by atoms with E-state index >= 15 is 0 Å². The van der Waals surface area contributed by atoms with Crippen LogP contribution in [0.3, 0.4) is 0 Å². The molecule has 1 fully saturated rings. The number of hydrogen-bond donors (Lipinski definition) is 2. The second-order valence-electron chi connectivity index (χ2n) is 5.09. The molecule has 2 rings (SSSR count). The van der Waals surface area contributed by atoms with E-state index in [2.05, 4.69) is 9.71 Å². The van der Waals surface area contributed by atoms with Crippen LogP contribution < -0.4 is 4.72 Å². The maximum Gasteiger partial charge on any atom is 0.407 e. The highest BCUT2D eigenvalue weighted by atomic mass is 32.2. The molecule has 0 bridgehead atoms. The van der Waals surface area contributed by atoms with Gasteiger partial charge < -0.3 is 10.0 Å². The number of likely N-dealkylation sites (tertiary alicyclic amines) is 1. The summed E-state index contributed by atoms with van der Waals surface area (Å²) in [7, 11) is -3.50. The summed E-state index contributed by atoms with van der Waals surface area (Å²) >= 11 is 0. The van der Waals surface area contributed by atoms with Crippen LogP contribution in [0.5, 0.6) is 0 Å².